The molecule has 0 unspecified atom stereocenters. The van der Waals surface area contributed by atoms with Crippen LogP contribution in [0.5, 0.6) is 0 Å². The van der Waals surface area contributed by atoms with Crippen LogP contribution in [-0.2, 0) is 0 Å². The van der Waals surface area contributed by atoms with Gasteiger partial charge in [0, 0.05) is 78.0 Å². The smallest absolute Gasteiger partial charge is 0.0795 e. The molecule has 0 saturated carbocycles. The van der Waals surface area contributed by atoms with E-state index in [9.17, 15) is 0 Å². The van der Waals surface area contributed by atoms with Gasteiger partial charge in [-0.1, -0.05) is 118 Å². The molecule has 0 aromatic carbocycles. The van der Waals surface area contributed by atoms with Crippen LogP contribution in [0.15, 0.2) is 83.6 Å². The van der Waals surface area contributed by atoms with Crippen molar-refractivity contribution in [1.82, 2.24) is 0 Å². The van der Waals surface area contributed by atoms with E-state index in [1.165, 1.54) is 58.5 Å². The Hall–Kier alpha value is -1.40. The number of hydrogen-bond acceptors (Lipinski definition) is 9. The average molecular weight is 1170 g/mol. The standard InChI is InChI=1S/C54H68S9Si6/c1-64(2,3)33-25-41(55-31-33)35-19-21-37(57-35)43-27-47(66(7,8)9)51(60-43)53-49(68(13,14)15)29-45(62-53)39-23-24-40(59-39)46-30-50(69(16,17)18)54(63-46)52-48(67(10,11)12)28-44(61-52)38-22-20-36(58-38)42-26-34(32-56-42)65(4,5)6/h19-32H,1-18H3. The van der Waals surface area contributed by atoms with Gasteiger partial charge in [0.1, 0.15) is 0 Å². The summed E-state index contributed by atoms with van der Waals surface area (Å²) >= 11 is 18.1. The molecule has 0 spiro atoms. The molecule has 0 aliphatic carbocycles. The van der Waals surface area contributed by atoms with Crippen molar-refractivity contribution in [3.05, 3.63) is 83.6 Å². The maximum atomic E-state index is 2.62. The van der Waals surface area contributed by atoms with E-state index in [0.29, 0.717) is 0 Å². The molecule has 0 saturated heterocycles. The van der Waals surface area contributed by atoms with Gasteiger partial charge in [-0.15, -0.1) is 102 Å². The highest BCUT2D eigenvalue weighted by molar-refractivity contribution is 7.34. The molecule has 15 heteroatoms. The number of hydrogen-bond donors (Lipinski definition) is 0. The summed E-state index contributed by atoms with van der Waals surface area (Å²) in [6.45, 7) is 45.3. The van der Waals surface area contributed by atoms with E-state index in [1.54, 1.807) is 50.6 Å². The highest BCUT2D eigenvalue weighted by Crippen LogP contribution is 2.48. The van der Waals surface area contributed by atoms with Crippen molar-refractivity contribution in [2.75, 3.05) is 0 Å². The summed E-state index contributed by atoms with van der Waals surface area (Å²) < 4.78 is 0. The van der Waals surface area contributed by atoms with Crippen molar-refractivity contribution in [2.45, 2.75) is 118 Å². The van der Waals surface area contributed by atoms with Gasteiger partial charge in [-0.25, -0.2) is 0 Å². The molecule has 0 fully saturated rings. The lowest BCUT2D eigenvalue weighted by Crippen LogP contribution is -2.41. The Kier molecular flexibility index (Phi) is 14.3. The second-order valence-electron chi connectivity index (χ2n) is 24.8. The molecule has 9 rings (SSSR count). The Morgan fingerprint density at radius 1 is 0.232 bits per heavy atom. The van der Waals surface area contributed by atoms with Crippen LogP contribution in [0, 0.1) is 0 Å². The maximum Gasteiger partial charge on any atom is 0.0795 e. The summed E-state index contributed by atoms with van der Waals surface area (Å²) in [5.41, 5.74) is 0. The molecule has 9 aromatic rings. The van der Waals surface area contributed by atoms with Gasteiger partial charge in [0.25, 0.3) is 0 Å². The van der Waals surface area contributed by atoms with Crippen molar-refractivity contribution in [3.8, 4) is 78.0 Å². The molecule has 9 aromatic heterocycles. The summed E-state index contributed by atoms with van der Waals surface area (Å²) in [5, 5.41) is 14.4. The summed E-state index contributed by atoms with van der Waals surface area (Å²) in [6, 6.07) is 29.8. The van der Waals surface area contributed by atoms with E-state index < -0.39 is 48.4 Å². The largest absolute Gasteiger partial charge is 0.143 e. The first-order valence-corrected chi connectivity index (χ1v) is 52.5. The minimum Gasteiger partial charge on any atom is -0.143 e. The lowest BCUT2D eigenvalue weighted by Gasteiger charge is -2.20. The SMILES string of the molecule is C[Si](C)(C)c1csc(-c2ccc(-c3cc([Si](C)(C)C)c(-c4sc(-c5ccc(-c6cc([Si](C)(C)C)c(-c7sc(-c8ccc(-c9cc([Si](C)(C)C)cs9)s8)cc7[Si](C)(C)C)s6)s5)cc4[Si](C)(C)C)s3)s2)c1. The van der Waals surface area contributed by atoms with E-state index in [4.69, 9.17) is 0 Å². The van der Waals surface area contributed by atoms with Gasteiger partial charge in [0.15, 0.2) is 0 Å². The second-order valence-corrected chi connectivity index (χ2v) is 64.4. The Labute approximate surface area is 456 Å². The Balaban J connectivity index is 1.07. The molecule has 362 valence electrons. The zero-order valence-electron chi connectivity index (χ0n) is 43.8. The molecule has 0 atom stereocenters. The average Bonchev–Trinajstić information content (AvgIpc) is 4.08. The fourth-order valence-corrected chi connectivity index (χ4v) is 33.3. The van der Waals surface area contributed by atoms with E-state index in [1.807, 2.05) is 56.7 Å². The van der Waals surface area contributed by atoms with Crippen LogP contribution >= 0.6 is 102 Å². The molecule has 0 bridgehead atoms. The van der Waals surface area contributed by atoms with Crippen LogP contribution in [0.1, 0.15) is 0 Å². The van der Waals surface area contributed by atoms with Crippen molar-refractivity contribution < 1.29 is 0 Å². The minimum absolute atomic E-state index is 1.34. The van der Waals surface area contributed by atoms with Crippen LogP contribution < -0.4 is 31.1 Å². The quantitative estimate of drug-likeness (QED) is 0.0952. The van der Waals surface area contributed by atoms with Crippen molar-refractivity contribution >= 4 is 182 Å². The van der Waals surface area contributed by atoms with E-state index in [-0.39, 0.29) is 0 Å². The third-order valence-corrected chi connectivity index (χ3v) is 37.2. The van der Waals surface area contributed by atoms with Crippen molar-refractivity contribution in [3.63, 3.8) is 0 Å². The Morgan fingerprint density at radius 3 is 0.638 bits per heavy atom. The van der Waals surface area contributed by atoms with Crippen LogP contribution in [0.2, 0.25) is 118 Å². The first kappa shape index (κ1) is 52.5. The predicted octanol–water partition coefficient (Wildman–Crippen LogP) is 18.8. The normalized spacial score (nSPS) is 13.4. The van der Waals surface area contributed by atoms with Gasteiger partial charge in [0.05, 0.1) is 48.4 Å². The summed E-state index contributed by atoms with van der Waals surface area (Å²) in [4.78, 5) is 23.2. The molecular weight excluding hydrogens is 1110 g/mol. The topological polar surface area (TPSA) is 0 Å². The summed E-state index contributed by atoms with van der Waals surface area (Å²) in [6.07, 6.45) is 0. The molecule has 0 radical (unpaired) electrons. The lowest BCUT2D eigenvalue weighted by molar-refractivity contribution is 1.74. The maximum absolute atomic E-state index is 2.62. The van der Waals surface area contributed by atoms with E-state index in [2.05, 4.69) is 247 Å². The monoisotopic (exact) mass is 1170 g/mol. The van der Waals surface area contributed by atoms with Crippen molar-refractivity contribution in [1.29, 1.82) is 0 Å². The van der Waals surface area contributed by atoms with Crippen LogP contribution in [0.25, 0.3) is 78.0 Å². The Morgan fingerprint density at radius 2 is 0.449 bits per heavy atom. The second kappa shape index (κ2) is 18.8. The van der Waals surface area contributed by atoms with E-state index in [0.717, 1.165) is 0 Å². The van der Waals surface area contributed by atoms with Gasteiger partial charge in [-0.3, -0.25) is 0 Å². The van der Waals surface area contributed by atoms with Crippen LogP contribution in [0.3, 0.4) is 0 Å². The van der Waals surface area contributed by atoms with Crippen LogP contribution in [0.4, 0.5) is 0 Å². The fourth-order valence-electron chi connectivity index (χ4n) is 8.48. The van der Waals surface area contributed by atoms with E-state index >= 15 is 0 Å². The first-order chi connectivity index (χ1) is 31.9. The lowest BCUT2D eigenvalue weighted by atomic mass is 10.3. The molecule has 0 nitrogen and oxygen atoms in total. The minimum atomic E-state index is -1.71. The van der Waals surface area contributed by atoms with Gasteiger partial charge >= 0.3 is 0 Å². The third kappa shape index (κ3) is 10.9. The highest BCUT2D eigenvalue weighted by Gasteiger charge is 2.34. The Bertz CT molecular complexity index is 3090. The van der Waals surface area contributed by atoms with Crippen molar-refractivity contribution in [2.24, 2.45) is 0 Å². The predicted molar refractivity (Wildman–Crippen MR) is 349 cm³/mol. The molecule has 0 N–H and O–H groups in total. The fraction of sp³-hybridized carbons (Fsp3) is 0.333. The highest BCUT2D eigenvalue weighted by atomic mass is 32.1. The first-order valence-electron chi connectivity index (χ1n) is 24.0. The summed E-state index contributed by atoms with van der Waals surface area (Å²) in [5.74, 6) is 0. The van der Waals surface area contributed by atoms with Gasteiger partial charge in [-0.2, -0.15) is 0 Å². The van der Waals surface area contributed by atoms with Gasteiger partial charge < -0.3 is 0 Å². The zero-order valence-corrected chi connectivity index (χ0v) is 57.1. The molecule has 69 heavy (non-hydrogen) atoms. The summed E-state index contributed by atoms with van der Waals surface area (Å²) in [7, 11) is -9.46. The third-order valence-electron chi connectivity index (χ3n) is 12.8. The zero-order chi connectivity index (χ0) is 50.0. The molecule has 0 aliphatic rings. The molecule has 0 amide bonds. The van der Waals surface area contributed by atoms with Gasteiger partial charge in [0.2, 0.25) is 0 Å². The number of rotatable bonds is 14. The molecule has 0 aliphatic heterocycles. The van der Waals surface area contributed by atoms with Gasteiger partial charge in [-0.05, 0) is 115 Å². The molecule has 9 heterocycles. The number of thiophene rings is 9. The van der Waals surface area contributed by atoms with Crippen LogP contribution in [-0.4, -0.2) is 48.4 Å². The molecular formula is C54H68S9Si6.